The molecule has 5 nitrogen and oxygen atoms in total. The maximum absolute atomic E-state index is 13.7. The van der Waals surface area contributed by atoms with Gasteiger partial charge in [0.1, 0.15) is 11.4 Å². The molecule has 6 heteroatoms. The number of rotatable bonds is 7. The minimum absolute atomic E-state index is 0.0527. The predicted molar refractivity (Wildman–Crippen MR) is 135 cm³/mol. The predicted octanol–water partition coefficient (Wildman–Crippen LogP) is 7.03. The molecule has 1 N–H and O–H groups in total. The van der Waals surface area contributed by atoms with Crippen molar-refractivity contribution in [3.05, 3.63) is 70.4 Å². The van der Waals surface area contributed by atoms with Crippen molar-refractivity contribution in [2.75, 3.05) is 6.61 Å². The molecular weight excluding hydrogens is 446 g/mol. The Morgan fingerprint density at radius 2 is 1.76 bits per heavy atom. The van der Waals surface area contributed by atoms with E-state index in [4.69, 9.17) is 16.3 Å². The maximum Gasteiger partial charge on any atom is 0.273 e. The summed E-state index contributed by atoms with van der Waals surface area (Å²) in [5.41, 5.74) is 4.44. The molecule has 1 saturated carbocycles. The monoisotopic (exact) mass is 477 g/mol. The van der Waals surface area contributed by atoms with E-state index in [1.807, 2.05) is 36.4 Å². The van der Waals surface area contributed by atoms with Gasteiger partial charge in [-0.2, -0.15) is 5.10 Å². The number of ether oxygens (including phenoxy) is 1. The third kappa shape index (κ3) is 4.46. The molecule has 2 aliphatic rings. The number of fused-ring (bicyclic) bond motifs is 1. The van der Waals surface area contributed by atoms with Crippen molar-refractivity contribution in [1.82, 2.24) is 15.1 Å². The van der Waals surface area contributed by atoms with Crippen LogP contribution in [0.4, 0.5) is 0 Å². The lowest BCUT2D eigenvalue weighted by Crippen LogP contribution is -2.40. The highest BCUT2D eigenvalue weighted by atomic mass is 35.5. The summed E-state index contributed by atoms with van der Waals surface area (Å²) in [7, 11) is 0. The third-order valence-corrected chi connectivity index (χ3v) is 7.30. The van der Waals surface area contributed by atoms with E-state index >= 15 is 0 Å². The van der Waals surface area contributed by atoms with Crippen LogP contribution in [-0.4, -0.2) is 33.7 Å². The maximum atomic E-state index is 13.7. The van der Waals surface area contributed by atoms with E-state index in [9.17, 15) is 4.79 Å². The van der Waals surface area contributed by atoms with Crippen LogP contribution in [0, 0.1) is 5.92 Å². The van der Waals surface area contributed by atoms with Crippen molar-refractivity contribution in [1.29, 1.82) is 0 Å². The van der Waals surface area contributed by atoms with Gasteiger partial charge in [0.25, 0.3) is 5.91 Å². The Bertz CT molecular complexity index is 1130. The van der Waals surface area contributed by atoms with Crippen LogP contribution in [0.15, 0.2) is 48.5 Å². The van der Waals surface area contributed by atoms with Gasteiger partial charge in [0.15, 0.2) is 0 Å². The number of hydrogen-bond acceptors (Lipinski definition) is 3. The molecule has 1 aliphatic heterocycles. The first-order chi connectivity index (χ1) is 16.5. The van der Waals surface area contributed by atoms with Crippen molar-refractivity contribution in [2.45, 2.75) is 64.5 Å². The summed E-state index contributed by atoms with van der Waals surface area (Å²) in [6, 6.07) is 16.0. The Morgan fingerprint density at radius 3 is 2.44 bits per heavy atom. The molecule has 1 amide bonds. The summed E-state index contributed by atoms with van der Waals surface area (Å²) in [5, 5.41) is 8.33. The summed E-state index contributed by atoms with van der Waals surface area (Å²) < 4.78 is 5.95. The minimum Gasteiger partial charge on any atom is -0.494 e. The molecule has 3 aromatic rings. The van der Waals surface area contributed by atoms with Crippen molar-refractivity contribution in [3.8, 4) is 17.0 Å². The molecule has 34 heavy (non-hydrogen) atoms. The summed E-state index contributed by atoms with van der Waals surface area (Å²) in [6.45, 7) is 5.11. The first-order valence-corrected chi connectivity index (χ1v) is 12.8. The van der Waals surface area contributed by atoms with Crippen molar-refractivity contribution in [2.24, 2.45) is 5.92 Å². The standard InChI is InChI=1S/C28H32ClN3O2/c1-18(2)16-17-34-23-14-10-20(11-15-23)27-24-25(19-8-12-21(29)13-9-19)30-31-26(24)28(33)32(27)22-6-4-3-5-7-22/h8-15,18,22,27H,3-7,16-17H2,1-2H3,(H,30,31). The number of carbonyl (C=O) groups excluding carboxylic acids is 1. The summed E-state index contributed by atoms with van der Waals surface area (Å²) in [5.74, 6) is 1.53. The van der Waals surface area contributed by atoms with Gasteiger partial charge in [-0.05, 0) is 55.0 Å². The smallest absolute Gasteiger partial charge is 0.273 e. The Kier molecular flexibility index (Phi) is 6.64. The first-order valence-electron chi connectivity index (χ1n) is 12.4. The highest BCUT2D eigenvalue weighted by molar-refractivity contribution is 6.30. The number of H-pyrrole nitrogens is 1. The van der Waals surface area contributed by atoms with Crippen molar-refractivity contribution < 1.29 is 9.53 Å². The largest absolute Gasteiger partial charge is 0.494 e. The average Bonchev–Trinajstić information content (AvgIpc) is 3.39. The van der Waals surface area contributed by atoms with Crippen LogP contribution in [0.1, 0.15) is 80.0 Å². The molecular formula is C28H32ClN3O2. The molecule has 0 radical (unpaired) electrons. The van der Waals surface area contributed by atoms with Gasteiger partial charge in [-0.1, -0.05) is 69.0 Å². The van der Waals surface area contributed by atoms with Crippen LogP contribution in [0.3, 0.4) is 0 Å². The quantitative estimate of drug-likeness (QED) is 0.397. The molecule has 2 aromatic carbocycles. The number of amides is 1. The van der Waals surface area contributed by atoms with E-state index in [-0.39, 0.29) is 18.0 Å². The molecule has 0 bridgehead atoms. The number of aromatic amines is 1. The lowest BCUT2D eigenvalue weighted by atomic mass is 9.91. The van der Waals surface area contributed by atoms with Crippen LogP contribution >= 0.6 is 11.6 Å². The second kappa shape index (κ2) is 9.83. The van der Waals surface area contributed by atoms with Crippen LogP contribution in [-0.2, 0) is 0 Å². The number of halogens is 1. The average molecular weight is 478 g/mol. The Labute approximate surface area is 206 Å². The number of hydrogen-bond donors (Lipinski definition) is 1. The molecule has 1 aromatic heterocycles. The minimum atomic E-state index is -0.167. The highest BCUT2D eigenvalue weighted by Gasteiger charge is 2.45. The van der Waals surface area contributed by atoms with Crippen LogP contribution in [0.25, 0.3) is 11.3 Å². The zero-order valence-corrected chi connectivity index (χ0v) is 20.6. The fourth-order valence-electron chi connectivity index (χ4n) is 5.22. The van der Waals surface area contributed by atoms with E-state index in [1.165, 1.54) is 19.3 Å². The Hall–Kier alpha value is -2.79. The molecule has 0 spiro atoms. The lowest BCUT2D eigenvalue weighted by molar-refractivity contribution is 0.0606. The third-order valence-electron chi connectivity index (χ3n) is 7.05. The van der Waals surface area contributed by atoms with Gasteiger partial charge in [0, 0.05) is 22.2 Å². The van der Waals surface area contributed by atoms with Crippen molar-refractivity contribution in [3.63, 3.8) is 0 Å². The first kappa shape index (κ1) is 23.0. The van der Waals surface area contributed by atoms with E-state index < -0.39 is 0 Å². The Balaban J connectivity index is 1.52. The van der Waals surface area contributed by atoms with Crippen LogP contribution < -0.4 is 4.74 Å². The van der Waals surface area contributed by atoms with Gasteiger partial charge in [-0.3, -0.25) is 9.89 Å². The van der Waals surface area contributed by atoms with Crippen molar-refractivity contribution >= 4 is 17.5 Å². The molecule has 178 valence electrons. The normalized spacial score (nSPS) is 18.5. The van der Waals surface area contributed by atoms with Gasteiger partial charge >= 0.3 is 0 Å². The van der Waals surface area contributed by atoms with E-state index in [0.29, 0.717) is 23.2 Å². The fourth-order valence-corrected chi connectivity index (χ4v) is 5.34. The molecule has 1 unspecified atom stereocenters. The second-order valence-electron chi connectivity index (χ2n) is 9.87. The van der Waals surface area contributed by atoms with Crippen LogP contribution in [0.2, 0.25) is 5.02 Å². The summed E-state index contributed by atoms with van der Waals surface area (Å²) >= 11 is 6.13. The SMILES string of the molecule is CC(C)CCOc1ccc(C2c3c(-c4ccc(Cl)cc4)n[nH]c3C(=O)N2C2CCCCC2)cc1. The topological polar surface area (TPSA) is 58.2 Å². The molecule has 1 atom stereocenters. The van der Waals surface area contributed by atoms with Gasteiger partial charge in [0.2, 0.25) is 0 Å². The second-order valence-corrected chi connectivity index (χ2v) is 10.3. The van der Waals surface area contributed by atoms with E-state index in [1.54, 1.807) is 0 Å². The number of benzene rings is 2. The summed E-state index contributed by atoms with van der Waals surface area (Å²) in [6.07, 6.45) is 6.70. The fraction of sp³-hybridized carbons (Fsp3) is 0.429. The molecule has 1 fully saturated rings. The van der Waals surface area contributed by atoms with E-state index in [2.05, 4.69) is 41.1 Å². The Morgan fingerprint density at radius 1 is 1.06 bits per heavy atom. The number of aromatic nitrogens is 2. The highest BCUT2D eigenvalue weighted by Crippen LogP contribution is 2.46. The molecule has 5 rings (SSSR count). The number of nitrogens with one attached hydrogen (secondary N) is 1. The molecule has 1 aliphatic carbocycles. The number of nitrogens with zero attached hydrogens (tertiary/aromatic N) is 2. The zero-order valence-electron chi connectivity index (χ0n) is 19.9. The van der Waals surface area contributed by atoms with Gasteiger partial charge in [-0.15, -0.1) is 0 Å². The molecule has 0 saturated heterocycles. The molecule has 2 heterocycles. The van der Waals surface area contributed by atoms with Gasteiger partial charge in [0.05, 0.1) is 18.3 Å². The van der Waals surface area contributed by atoms with Gasteiger partial charge < -0.3 is 9.64 Å². The zero-order chi connectivity index (χ0) is 23.7. The van der Waals surface area contributed by atoms with E-state index in [0.717, 1.165) is 47.4 Å². The summed E-state index contributed by atoms with van der Waals surface area (Å²) in [4.78, 5) is 15.8. The van der Waals surface area contributed by atoms with Crippen LogP contribution in [0.5, 0.6) is 5.75 Å². The van der Waals surface area contributed by atoms with Gasteiger partial charge in [-0.25, -0.2) is 0 Å². The number of carbonyl (C=O) groups is 1. The lowest BCUT2D eigenvalue weighted by Gasteiger charge is -2.36.